The van der Waals surface area contributed by atoms with Gasteiger partial charge >= 0.3 is 0 Å². The van der Waals surface area contributed by atoms with Crippen LogP contribution in [0.3, 0.4) is 0 Å². The van der Waals surface area contributed by atoms with Gasteiger partial charge in [-0.15, -0.1) is 0 Å². The Morgan fingerprint density at radius 2 is 1.76 bits per heavy atom. The van der Waals surface area contributed by atoms with E-state index in [4.69, 9.17) is 9.47 Å². The van der Waals surface area contributed by atoms with Gasteiger partial charge in [0.05, 0.1) is 19.3 Å². The molecule has 0 bridgehead atoms. The van der Waals surface area contributed by atoms with Gasteiger partial charge in [0, 0.05) is 5.92 Å². The highest BCUT2D eigenvalue weighted by atomic mass is 19.2. The lowest BCUT2D eigenvalue weighted by Gasteiger charge is -2.38. The van der Waals surface area contributed by atoms with Crippen LogP contribution >= 0.6 is 0 Å². The van der Waals surface area contributed by atoms with E-state index in [-0.39, 0.29) is 11.7 Å². The molecule has 2 fully saturated rings. The predicted octanol–water partition coefficient (Wildman–Crippen LogP) is 5.84. The van der Waals surface area contributed by atoms with Crippen molar-refractivity contribution >= 4 is 0 Å². The molecule has 2 unspecified atom stereocenters. The van der Waals surface area contributed by atoms with E-state index in [1.54, 1.807) is 13.0 Å². The van der Waals surface area contributed by atoms with Crippen molar-refractivity contribution in [2.45, 2.75) is 70.8 Å². The Bertz CT molecular complexity index is 559. The Hall–Kier alpha value is -1.16. The van der Waals surface area contributed by atoms with E-state index < -0.39 is 11.6 Å². The van der Waals surface area contributed by atoms with Crippen molar-refractivity contribution < 1.29 is 18.3 Å². The summed E-state index contributed by atoms with van der Waals surface area (Å²) in [6, 6.07) is 3.19. The van der Waals surface area contributed by atoms with E-state index in [2.05, 4.69) is 6.92 Å². The van der Waals surface area contributed by atoms with Gasteiger partial charge in [-0.2, -0.15) is 4.39 Å². The summed E-state index contributed by atoms with van der Waals surface area (Å²) >= 11 is 0. The van der Waals surface area contributed by atoms with Crippen molar-refractivity contribution in [2.75, 3.05) is 13.2 Å². The van der Waals surface area contributed by atoms with Crippen LogP contribution < -0.4 is 4.74 Å². The van der Waals surface area contributed by atoms with Gasteiger partial charge in [0.1, 0.15) is 0 Å². The molecule has 0 amide bonds. The molecule has 4 heteroatoms. The summed E-state index contributed by atoms with van der Waals surface area (Å²) in [6.45, 7) is 4.85. The van der Waals surface area contributed by atoms with Crippen molar-refractivity contribution in [2.24, 2.45) is 11.8 Å². The van der Waals surface area contributed by atoms with Gasteiger partial charge in [0.2, 0.25) is 5.82 Å². The number of hydrogen-bond donors (Lipinski definition) is 0. The molecule has 1 aromatic rings. The van der Waals surface area contributed by atoms with E-state index in [9.17, 15) is 8.78 Å². The molecule has 0 N–H and O–H groups in total. The fourth-order valence-electron chi connectivity index (χ4n) is 4.49. The third-order valence-corrected chi connectivity index (χ3v) is 6.12. The molecule has 1 saturated carbocycles. The zero-order chi connectivity index (χ0) is 17.8. The molecule has 2 atom stereocenters. The van der Waals surface area contributed by atoms with Crippen LogP contribution in [0.4, 0.5) is 8.78 Å². The standard InChI is InChI=1S/C21H30F2O2/c1-3-14-5-7-15(8-6-14)18-11-9-16(13-25-18)17-10-12-19(24-4-2)21(23)20(17)22/h10,12,14-16,18H,3-9,11,13H2,1-2H3. The molecule has 2 nitrogen and oxygen atoms in total. The van der Waals surface area contributed by atoms with Crippen molar-refractivity contribution in [1.82, 2.24) is 0 Å². The second-order valence-corrected chi connectivity index (χ2v) is 7.55. The van der Waals surface area contributed by atoms with Gasteiger partial charge in [-0.3, -0.25) is 0 Å². The lowest BCUT2D eigenvalue weighted by atomic mass is 9.76. The maximum Gasteiger partial charge on any atom is 0.200 e. The quantitative estimate of drug-likeness (QED) is 0.662. The van der Waals surface area contributed by atoms with Crippen LogP contribution in [-0.4, -0.2) is 19.3 Å². The second-order valence-electron chi connectivity index (χ2n) is 7.55. The minimum Gasteiger partial charge on any atom is -0.491 e. The Balaban J connectivity index is 1.58. The summed E-state index contributed by atoms with van der Waals surface area (Å²) in [5, 5.41) is 0. The third-order valence-electron chi connectivity index (χ3n) is 6.12. The fraction of sp³-hybridized carbons (Fsp3) is 0.714. The first-order chi connectivity index (χ1) is 12.1. The molecule has 140 valence electrons. The van der Waals surface area contributed by atoms with Gasteiger partial charge in [-0.05, 0) is 56.1 Å². The Morgan fingerprint density at radius 3 is 2.36 bits per heavy atom. The molecule has 1 heterocycles. The zero-order valence-corrected chi connectivity index (χ0v) is 15.4. The lowest BCUT2D eigenvalue weighted by molar-refractivity contribution is -0.0439. The lowest BCUT2D eigenvalue weighted by Crippen LogP contribution is -2.33. The minimum atomic E-state index is -0.876. The van der Waals surface area contributed by atoms with Crippen LogP contribution in [0.25, 0.3) is 0 Å². The summed E-state index contributed by atoms with van der Waals surface area (Å²) in [5.41, 5.74) is 0.425. The monoisotopic (exact) mass is 352 g/mol. The summed E-state index contributed by atoms with van der Waals surface area (Å²) in [7, 11) is 0. The largest absolute Gasteiger partial charge is 0.491 e. The van der Waals surface area contributed by atoms with E-state index in [0.29, 0.717) is 30.8 Å². The van der Waals surface area contributed by atoms with Gasteiger partial charge in [0.25, 0.3) is 0 Å². The molecule has 2 aliphatic rings. The molecule has 0 aromatic heterocycles. The topological polar surface area (TPSA) is 18.5 Å². The number of halogens is 2. The van der Waals surface area contributed by atoms with E-state index in [1.165, 1.54) is 38.2 Å². The molecule has 1 saturated heterocycles. The minimum absolute atomic E-state index is 0.00830. The Labute approximate surface area is 149 Å². The average Bonchev–Trinajstić information content (AvgIpc) is 2.66. The normalized spacial score (nSPS) is 30.2. The molecule has 0 spiro atoms. The van der Waals surface area contributed by atoms with Crippen LogP contribution in [0.5, 0.6) is 5.75 Å². The highest BCUT2D eigenvalue weighted by Crippen LogP contribution is 2.39. The van der Waals surface area contributed by atoms with Gasteiger partial charge in [0.15, 0.2) is 11.6 Å². The highest BCUT2D eigenvalue weighted by Gasteiger charge is 2.33. The van der Waals surface area contributed by atoms with E-state index in [0.717, 1.165) is 18.8 Å². The fourth-order valence-corrected chi connectivity index (χ4v) is 4.49. The molecule has 3 rings (SSSR count). The van der Waals surface area contributed by atoms with Crippen molar-refractivity contribution in [1.29, 1.82) is 0 Å². The first-order valence-corrected chi connectivity index (χ1v) is 9.86. The highest BCUT2D eigenvalue weighted by molar-refractivity contribution is 5.33. The van der Waals surface area contributed by atoms with Gasteiger partial charge in [-0.1, -0.05) is 32.3 Å². The SMILES string of the molecule is CCOc1ccc(C2CCC(C3CCC(CC)CC3)OC2)c(F)c1F. The Kier molecular flexibility index (Phi) is 6.32. The van der Waals surface area contributed by atoms with E-state index in [1.807, 2.05) is 0 Å². The van der Waals surface area contributed by atoms with Gasteiger partial charge in [-0.25, -0.2) is 4.39 Å². The predicted molar refractivity (Wildman–Crippen MR) is 95.0 cm³/mol. The summed E-state index contributed by atoms with van der Waals surface area (Å²) in [5.74, 6) is -0.195. The maximum absolute atomic E-state index is 14.4. The van der Waals surface area contributed by atoms with Crippen molar-refractivity contribution in [3.8, 4) is 5.75 Å². The van der Waals surface area contributed by atoms with Crippen LogP contribution in [0.1, 0.15) is 70.3 Å². The molecule has 1 aromatic carbocycles. The number of hydrogen-bond acceptors (Lipinski definition) is 2. The molecular weight excluding hydrogens is 322 g/mol. The van der Waals surface area contributed by atoms with Crippen molar-refractivity contribution in [3.05, 3.63) is 29.3 Å². The molecular formula is C21H30F2O2. The smallest absolute Gasteiger partial charge is 0.200 e. The molecule has 1 aliphatic carbocycles. The number of rotatable bonds is 5. The summed E-state index contributed by atoms with van der Waals surface area (Å²) < 4.78 is 39.7. The maximum atomic E-state index is 14.4. The third kappa shape index (κ3) is 4.16. The number of ether oxygens (including phenoxy) is 2. The molecule has 0 radical (unpaired) electrons. The van der Waals surface area contributed by atoms with E-state index >= 15 is 0 Å². The average molecular weight is 352 g/mol. The first-order valence-electron chi connectivity index (χ1n) is 9.86. The summed E-state index contributed by atoms with van der Waals surface area (Å²) in [6.07, 6.45) is 8.50. The second kappa shape index (κ2) is 8.48. The zero-order valence-electron chi connectivity index (χ0n) is 15.4. The van der Waals surface area contributed by atoms with Crippen LogP contribution in [-0.2, 0) is 4.74 Å². The Morgan fingerprint density at radius 1 is 1.00 bits per heavy atom. The summed E-state index contributed by atoms with van der Waals surface area (Å²) in [4.78, 5) is 0. The molecule has 1 aliphatic heterocycles. The van der Waals surface area contributed by atoms with Gasteiger partial charge < -0.3 is 9.47 Å². The molecule has 25 heavy (non-hydrogen) atoms. The van der Waals surface area contributed by atoms with Crippen LogP contribution in [0.15, 0.2) is 12.1 Å². The first kappa shape index (κ1) is 18.6. The van der Waals surface area contributed by atoms with Crippen molar-refractivity contribution in [3.63, 3.8) is 0 Å². The van der Waals surface area contributed by atoms with Crippen LogP contribution in [0, 0.1) is 23.5 Å². The van der Waals surface area contributed by atoms with Crippen LogP contribution in [0.2, 0.25) is 0 Å². The number of benzene rings is 1.